The number of carbonyl (C=O) groups is 1. The lowest BCUT2D eigenvalue weighted by molar-refractivity contribution is -0.154. The van der Waals surface area contributed by atoms with Crippen LogP contribution >= 0.6 is 7.82 Å². The second-order valence-electron chi connectivity index (χ2n) is 16.3. The van der Waals surface area contributed by atoms with Crippen LogP contribution in [0.5, 0.6) is 0 Å². The van der Waals surface area contributed by atoms with Crippen LogP contribution in [0.2, 0.25) is 0 Å². The van der Waals surface area contributed by atoms with E-state index in [9.17, 15) is 14.3 Å². The maximum atomic E-state index is 12.6. The predicted octanol–water partition coefficient (Wildman–Crippen LogP) is 14.6. The summed E-state index contributed by atoms with van der Waals surface area (Å²) >= 11 is 0. The largest absolute Gasteiger partial charge is 0.472 e. The van der Waals surface area contributed by atoms with Gasteiger partial charge in [0, 0.05) is 19.6 Å². The SMILES string of the molecule is CCCCCCCC/C=C\CCCCCCCCOCC(COP(=O)(O)OCCN)OC(=O)CCCCCCCCCCCCCCCCCCCCCCC. The second kappa shape index (κ2) is 45.3. The molecule has 0 spiro atoms. The Morgan fingerprint density at radius 2 is 0.893 bits per heavy atom. The van der Waals surface area contributed by atoms with Gasteiger partial charge in [0.2, 0.25) is 0 Å². The Morgan fingerprint density at radius 1 is 0.518 bits per heavy atom. The molecule has 0 fully saturated rings. The van der Waals surface area contributed by atoms with Crippen LogP contribution in [0.15, 0.2) is 12.2 Å². The Hall–Kier alpha value is -0.760. The lowest BCUT2D eigenvalue weighted by Gasteiger charge is -2.20. The monoisotopic (exact) mass is 816 g/mol. The molecule has 3 N–H and O–H groups in total. The number of rotatable bonds is 47. The molecule has 0 saturated heterocycles. The molecule has 9 heteroatoms. The first-order valence-corrected chi connectivity index (χ1v) is 25.7. The van der Waals surface area contributed by atoms with Crippen LogP contribution in [0.25, 0.3) is 0 Å². The maximum Gasteiger partial charge on any atom is 0.472 e. The summed E-state index contributed by atoms with van der Waals surface area (Å²) in [6.07, 6.45) is 49.5. The van der Waals surface area contributed by atoms with E-state index in [1.54, 1.807) is 0 Å². The average molecular weight is 816 g/mol. The number of hydrogen-bond acceptors (Lipinski definition) is 7. The van der Waals surface area contributed by atoms with Gasteiger partial charge in [0.1, 0.15) is 6.10 Å². The molecule has 0 aliphatic rings. The van der Waals surface area contributed by atoms with E-state index < -0.39 is 13.9 Å². The molecule has 0 bridgehead atoms. The van der Waals surface area contributed by atoms with Gasteiger partial charge in [0.25, 0.3) is 0 Å². The highest BCUT2D eigenvalue weighted by atomic mass is 31.2. The summed E-state index contributed by atoms with van der Waals surface area (Å²) in [6, 6.07) is 0. The van der Waals surface area contributed by atoms with E-state index in [0.717, 1.165) is 32.1 Å². The Balaban J connectivity index is 3.93. The van der Waals surface area contributed by atoms with Gasteiger partial charge < -0.3 is 20.1 Å². The van der Waals surface area contributed by atoms with Crippen molar-refractivity contribution in [3.05, 3.63) is 12.2 Å². The fourth-order valence-corrected chi connectivity index (χ4v) is 7.88. The van der Waals surface area contributed by atoms with Gasteiger partial charge in [-0.05, 0) is 38.5 Å². The molecule has 0 heterocycles. The number of esters is 1. The number of phosphoric acid groups is 1. The molecule has 2 atom stereocenters. The third kappa shape index (κ3) is 44.3. The van der Waals surface area contributed by atoms with Crippen molar-refractivity contribution >= 4 is 13.8 Å². The highest BCUT2D eigenvalue weighted by molar-refractivity contribution is 7.47. The highest BCUT2D eigenvalue weighted by Crippen LogP contribution is 2.43. The van der Waals surface area contributed by atoms with Gasteiger partial charge in [-0.2, -0.15) is 0 Å². The number of carbonyl (C=O) groups excluding carboxylic acids is 1. The molecule has 2 unspecified atom stereocenters. The zero-order valence-electron chi connectivity index (χ0n) is 37.1. The second-order valence-corrected chi connectivity index (χ2v) is 17.8. The van der Waals surface area contributed by atoms with E-state index in [2.05, 4.69) is 26.0 Å². The van der Waals surface area contributed by atoms with E-state index in [4.69, 9.17) is 24.3 Å². The topological polar surface area (TPSA) is 117 Å². The minimum Gasteiger partial charge on any atom is -0.457 e. The van der Waals surface area contributed by atoms with Crippen LogP contribution in [0.1, 0.15) is 245 Å². The molecule has 0 aliphatic carbocycles. The van der Waals surface area contributed by atoms with Crippen LogP contribution < -0.4 is 5.73 Å². The normalized spacial score (nSPS) is 13.4. The fraction of sp³-hybridized carbons (Fsp3) is 0.936. The minimum atomic E-state index is -4.28. The predicted molar refractivity (Wildman–Crippen MR) is 238 cm³/mol. The summed E-state index contributed by atoms with van der Waals surface area (Å²) in [5.41, 5.74) is 5.38. The molecule has 0 aromatic heterocycles. The van der Waals surface area contributed by atoms with Crippen molar-refractivity contribution in [1.82, 2.24) is 0 Å². The molecule has 56 heavy (non-hydrogen) atoms. The van der Waals surface area contributed by atoms with Crippen molar-refractivity contribution in [3.8, 4) is 0 Å². The number of hydrogen-bond donors (Lipinski definition) is 2. The van der Waals surface area contributed by atoms with E-state index in [1.807, 2.05) is 0 Å². The third-order valence-corrected chi connectivity index (χ3v) is 11.7. The molecule has 0 aromatic rings. The third-order valence-electron chi connectivity index (χ3n) is 10.7. The van der Waals surface area contributed by atoms with E-state index in [0.29, 0.717) is 13.0 Å². The van der Waals surface area contributed by atoms with Crippen molar-refractivity contribution in [2.75, 3.05) is 33.0 Å². The summed E-state index contributed by atoms with van der Waals surface area (Å²) in [7, 11) is -4.28. The van der Waals surface area contributed by atoms with E-state index in [-0.39, 0.29) is 32.3 Å². The van der Waals surface area contributed by atoms with Crippen LogP contribution in [-0.4, -0.2) is 49.9 Å². The molecular weight excluding hydrogens is 721 g/mol. The van der Waals surface area contributed by atoms with Gasteiger partial charge in [-0.3, -0.25) is 13.8 Å². The molecule has 0 saturated carbocycles. The van der Waals surface area contributed by atoms with Gasteiger partial charge in [-0.1, -0.05) is 212 Å². The smallest absolute Gasteiger partial charge is 0.457 e. The number of unbranched alkanes of at least 4 members (excludes halogenated alkanes) is 32. The molecule has 0 aliphatic heterocycles. The van der Waals surface area contributed by atoms with Gasteiger partial charge in [-0.15, -0.1) is 0 Å². The lowest BCUT2D eigenvalue weighted by atomic mass is 10.0. The Kier molecular flexibility index (Phi) is 44.7. The Bertz CT molecular complexity index is 873. The quantitative estimate of drug-likeness (QED) is 0.0270. The van der Waals surface area contributed by atoms with Crippen LogP contribution in [0.4, 0.5) is 0 Å². The fourth-order valence-electron chi connectivity index (χ4n) is 7.11. The number of allylic oxidation sites excluding steroid dienone is 2. The first-order chi connectivity index (χ1) is 27.4. The zero-order chi connectivity index (χ0) is 40.9. The molecule has 8 nitrogen and oxygen atoms in total. The van der Waals surface area contributed by atoms with Crippen molar-refractivity contribution in [2.24, 2.45) is 5.73 Å². The summed E-state index contributed by atoms with van der Waals surface area (Å²) in [5, 5.41) is 0. The summed E-state index contributed by atoms with van der Waals surface area (Å²) in [4.78, 5) is 22.5. The summed E-state index contributed by atoms with van der Waals surface area (Å²) < 4.78 is 33.5. The Morgan fingerprint density at radius 3 is 1.30 bits per heavy atom. The van der Waals surface area contributed by atoms with Crippen molar-refractivity contribution < 1.29 is 32.8 Å². The van der Waals surface area contributed by atoms with Crippen molar-refractivity contribution in [3.63, 3.8) is 0 Å². The summed E-state index contributed by atoms with van der Waals surface area (Å²) in [6.45, 7) is 4.96. The molecular formula is C47H94NO7P. The van der Waals surface area contributed by atoms with Gasteiger partial charge >= 0.3 is 13.8 Å². The number of phosphoric ester groups is 1. The molecule has 334 valence electrons. The molecule has 0 radical (unpaired) electrons. The molecule has 0 rings (SSSR count). The van der Waals surface area contributed by atoms with Crippen molar-refractivity contribution in [2.45, 2.75) is 251 Å². The molecule has 0 aromatic carbocycles. The number of ether oxygens (including phenoxy) is 2. The number of nitrogens with two attached hydrogens (primary N) is 1. The molecule has 0 amide bonds. The average Bonchev–Trinajstić information content (AvgIpc) is 3.19. The lowest BCUT2D eigenvalue weighted by Crippen LogP contribution is -2.28. The minimum absolute atomic E-state index is 0.0931. The maximum absolute atomic E-state index is 12.6. The van der Waals surface area contributed by atoms with Crippen molar-refractivity contribution in [1.29, 1.82) is 0 Å². The first kappa shape index (κ1) is 55.2. The van der Waals surface area contributed by atoms with Crippen LogP contribution in [0.3, 0.4) is 0 Å². The van der Waals surface area contributed by atoms with Crippen LogP contribution in [-0.2, 0) is 27.9 Å². The highest BCUT2D eigenvalue weighted by Gasteiger charge is 2.25. The van der Waals surface area contributed by atoms with E-state index in [1.165, 1.54) is 193 Å². The summed E-state index contributed by atoms with van der Waals surface area (Å²) in [5.74, 6) is -0.326. The first-order valence-electron chi connectivity index (χ1n) is 24.2. The zero-order valence-corrected chi connectivity index (χ0v) is 38.0. The van der Waals surface area contributed by atoms with Gasteiger partial charge in [0.05, 0.1) is 19.8 Å². The van der Waals surface area contributed by atoms with E-state index >= 15 is 0 Å². The Labute approximate surface area is 347 Å². The van der Waals surface area contributed by atoms with Gasteiger partial charge in [-0.25, -0.2) is 4.57 Å². The van der Waals surface area contributed by atoms with Gasteiger partial charge in [0.15, 0.2) is 0 Å². The standard InChI is InChI=1S/C47H94NO7P/c1-3-5-7-9-11-13-15-17-19-21-22-23-24-25-26-28-30-32-34-36-38-40-47(49)55-46(45-54-56(50,51)53-43-41-48)44-52-42-39-37-35-33-31-29-27-20-18-16-14-12-10-8-6-4-2/h18,20,46H,3-17,19,21-45,48H2,1-2H3,(H,50,51)/b20-18-. The van der Waals surface area contributed by atoms with Crippen LogP contribution in [0, 0.1) is 0 Å².